The first-order chi connectivity index (χ1) is 17.8. The fraction of sp³-hybridized carbons (Fsp3) is 0.167. The topological polar surface area (TPSA) is 150 Å². The number of halogens is 2. The lowest BCUT2D eigenvalue weighted by Crippen LogP contribution is -2.50. The average Bonchev–Trinajstić information content (AvgIpc) is 3.35. The van der Waals surface area contributed by atoms with Gasteiger partial charge in [0.2, 0.25) is 0 Å². The number of aromatic nitrogens is 5. The summed E-state index contributed by atoms with van der Waals surface area (Å²) in [6.07, 6.45) is 1.56. The van der Waals surface area contributed by atoms with E-state index >= 15 is 0 Å². The highest BCUT2D eigenvalue weighted by atomic mass is 19.1. The highest BCUT2D eigenvalue weighted by Gasteiger charge is 2.50. The maximum absolute atomic E-state index is 14.3. The summed E-state index contributed by atoms with van der Waals surface area (Å²) < 4.78 is 34.6. The van der Waals surface area contributed by atoms with Crippen LogP contribution in [-0.2, 0) is 21.6 Å². The van der Waals surface area contributed by atoms with Gasteiger partial charge in [0, 0.05) is 12.0 Å². The van der Waals surface area contributed by atoms with Gasteiger partial charge in [-0.1, -0.05) is 24.3 Å². The maximum Gasteiger partial charge on any atom is 0.408 e. The molecule has 188 valence electrons. The highest BCUT2D eigenvalue weighted by molar-refractivity contribution is 6.08. The monoisotopic (exact) mass is 506 g/mol. The molecule has 0 saturated heterocycles. The molecule has 1 aliphatic heterocycles. The summed E-state index contributed by atoms with van der Waals surface area (Å²) in [5.74, 6) is -1.81. The number of amides is 2. The fourth-order valence-corrected chi connectivity index (χ4v) is 4.33. The molecule has 1 aliphatic rings. The van der Waals surface area contributed by atoms with Crippen molar-refractivity contribution in [2.75, 3.05) is 18.2 Å². The zero-order chi connectivity index (χ0) is 26.3. The normalized spacial score (nSPS) is 16.4. The lowest BCUT2D eigenvalue weighted by molar-refractivity contribution is -0.121. The van der Waals surface area contributed by atoms with Gasteiger partial charge in [0.25, 0.3) is 5.91 Å². The van der Waals surface area contributed by atoms with E-state index in [4.69, 9.17) is 5.73 Å². The SMILES string of the molecule is C=CCC1(NC(=O)OC)C(=O)Nc2nc(-c3nn(Cc4ccccc4F)c4ncc(F)cc34)nc(N)c21. The van der Waals surface area contributed by atoms with E-state index in [0.29, 0.717) is 5.56 Å². The summed E-state index contributed by atoms with van der Waals surface area (Å²) in [6.45, 7) is 3.66. The molecule has 11 nitrogen and oxygen atoms in total. The molecule has 13 heteroatoms. The molecule has 1 aromatic carbocycles. The Hall–Kier alpha value is -4.94. The predicted octanol–water partition coefficient (Wildman–Crippen LogP) is 2.88. The number of hydrogen-bond donors (Lipinski definition) is 3. The second-order valence-corrected chi connectivity index (χ2v) is 8.25. The van der Waals surface area contributed by atoms with Crippen molar-refractivity contribution in [1.82, 2.24) is 30.0 Å². The van der Waals surface area contributed by atoms with Crippen molar-refractivity contribution in [3.63, 3.8) is 0 Å². The van der Waals surface area contributed by atoms with E-state index in [9.17, 15) is 18.4 Å². The molecule has 4 heterocycles. The molecular weight excluding hydrogens is 486 g/mol. The van der Waals surface area contributed by atoms with Crippen LogP contribution in [0.25, 0.3) is 22.6 Å². The van der Waals surface area contributed by atoms with Crippen molar-refractivity contribution < 1.29 is 23.1 Å². The third-order valence-electron chi connectivity index (χ3n) is 5.98. The number of carbonyl (C=O) groups is 2. The van der Waals surface area contributed by atoms with Gasteiger partial charge in [-0.05, 0) is 12.1 Å². The third kappa shape index (κ3) is 3.90. The minimum atomic E-state index is -1.65. The number of methoxy groups -OCH3 is 1. The Bertz CT molecular complexity index is 1590. The lowest BCUT2D eigenvalue weighted by atomic mass is 9.89. The van der Waals surface area contributed by atoms with Crippen molar-refractivity contribution in [2.24, 2.45) is 0 Å². The maximum atomic E-state index is 14.3. The van der Waals surface area contributed by atoms with Crippen LogP contribution >= 0.6 is 0 Å². The van der Waals surface area contributed by atoms with Gasteiger partial charge in [0.15, 0.2) is 17.0 Å². The minimum absolute atomic E-state index is 0.00442. The number of anilines is 2. The molecule has 5 rings (SSSR count). The molecule has 37 heavy (non-hydrogen) atoms. The van der Waals surface area contributed by atoms with Crippen LogP contribution in [0.1, 0.15) is 17.5 Å². The lowest BCUT2D eigenvalue weighted by Gasteiger charge is -2.27. The number of fused-ring (bicyclic) bond motifs is 2. The van der Waals surface area contributed by atoms with Gasteiger partial charge in [0.1, 0.15) is 29.0 Å². The number of nitrogens with two attached hydrogens (primary N) is 1. The van der Waals surface area contributed by atoms with E-state index in [2.05, 4.69) is 42.0 Å². The van der Waals surface area contributed by atoms with E-state index in [1.165, 1.54) is 22.9 Å². The van der Waals surface area contributed by atoms with E-state index in [1.54, 1.807) is 18.2 Å². The molecule has 0 fully saturated rings. The number of ether oxygens (including phenoxy) is 1. The van der Waals surface area contributed by atoms with Crippen molar-refractivity contribution >= 4 is 34.7 Å². The van der Waals surface area contributed by atoms with Crippen molar-refractivity contribution in [3.8, 4) is 11.5 Å². The van der Waals surface area contributed by atoms with Gasteiger partial charge in [-0.3, -0.25) is 4.79 Å². The van der Waals surface area contributed by atoms with E-state index in [1.807, 2.05) is 0 Å². The first-order valence-electron chi connectivity index (χ1n) is 11.0. The minimum Gasteiger partial charge on any atom is -0.453 e. The van der Waals surface area contributed by atoms with Crippen LogP contribution in [0.2, 0.25) is 0 Å². The number of alkyl carbamates (subject to hydrolysis) is 1. The van der Waals surface area contributed by atoms with Crippen LogP contribution in [0.5, 0.6) is 0 Å². The summed E-state index contributed by atoms with van der Waals surface area (Å²) in [5, 5.41) is 9.84. The van der Waals surface area contributed by atoms with Gasteiger partial charge < -0.3 is 21.1 Å². The largest absolute Gasteiger partial charge is 0.453 e. The summed E-state index contributed by atoms with van der Waals surface area (Å²) in [4.78, 5) is 37.9. The molecule has 1 atom stereocenters. The molecule has 1 unspecified atom stereocenters. The molecular formula is C24H20F2N8O3. The average molecular weight is 506 g/mol. The van der Waals surface area contributed by atoms with Gasteiger partial charge >= 0.3 is 6.09 Å². The van der Waals surface area contributed by atoms with Crippen LogP contribution in [0, 0.1) is 11.6 Å². The van der Waals surface area contributed by atoms with Crippen LogP contribution in [0.15, 0.2) is 49.2 Å². The Morgan fingerprint density at radius 2 is 2.11 bits per heavy atom. The molecule has 2 amide bonds. The van der Waals surface area contributed by atoms with Gasteiger partial charge in [-0.25, -0.2) is 33.2 Å². The number of carbonyl (C=O) groups excluding carboxylic acids is 2. The highest BCUT2D eigenvalue weighted by Crippen LogP contribution is 2.42. The number of pyridine rings is 1. The van der Waals surface area contributed by atoms with Crippen LogP contribution in [0.3, 0.4) is 0 Å². The summed E-state index contributed by atoms with van der Waals surface area (Å²) >= 11 is 0. The Kier molecular flexibility index (Phi) is 5.74. The van der Waals surface area contributed by atoms with E-state index in [0.717, 1.165) is 13.3 Å². The van der Waals surface area contributed by atoms with E-state index < -0.39 is 29.2 Å². The number of hydrogen-bond acceptors (Lipinski definition) is 8. The molecule has 4 N–H and O–H groups in total. The Morgan fingerprint density at radius 3 is 2.84 bits per heavy atom. The summed E-state index contributed by atoms with van der Waals surface area (Å²) in [5.41, 5.74) is 5.48. The molecule has 3 aromatic heterocycles. The van der Waals surface area contributed by atoms with Crippen molar-refractivity contribution in [3.05, 3.63) is 71.9 Å². The van der Waals surface area contributed by atoms with Gasteiger partial charge in [0.05, 0.1) is 30.8 Å². The van der Waals surface area contributed by atoms with Crippen LogP contribution in [0.4, 0.5) is 25.2 Å². The van der Waals surface area contributed by atoms with Crippen molar-refractivity contribution in [1.29, 1.82) is 0 Å². The number of nitrogen functional groups attached to an aromatic ring is 1. The standard InChI is InChI=1S/C24H20F2N8O3/c1-3-8-24(32-23(36)37-2)16-18(27)29-20(30-19(16)31-22(24)35)17-14-9-13(25)10-28-21(14)34(33-17)11-12-6-4-5-7-15(12)26/h3-7,9-10H,1,8,11H2,2H3,(H,32,36)(H3,27,29,30,31,35). The zero-order valence-electron chi connectivity index (χ0n) is 19.5. The first-order valence-corrected chi connectivity index (χ1v) is 11.0. The summed E-state index contributed by atoms with van der Waals surface area (Å²) in [6, 6.07) is 7.37. The molecule has 0 aliphatic carbocycles. The molecule has 0 saturated carbocycles. The van der Waals surface area contributed by atoms with Gasteiger partial charge in [-0.15, -0.1) is 6.58 Å². The number of rotatable bonds is 6. The predicted molar refractivity (Wildman–Crippen MR) is 129 cm³/mol. The molecule has 0 bridgehead atoms. The first kappa shape index (κ1) is 23.8. The van der Waals surface area contributed by atoms with Crippen LogP contribution in [-0.4, -0.2) is 43.8 Å². The molecule has 0 radical (unpaired) electrons. The summed E-state index contributed by atoms with van der Waals surface area (Å²) in [7, 11) is 1.16. The Balaban J connectivity index is 1.66. The number of nitrogens with zero attached hydrogens (tertiary/aromatic N) is 5. The quantitative estimate of drug-likeness (QED) is 0.338. The fourth-order valence-electron chi connectivity index (χ4n) is 4.33. The van der Waals surface area contributed by atoms with E-state index in [-0.39, 0.29) is 52.7 Å². The molecule has 0 spiro atoms. The zero-order valence-corrected chi connectivity index (χ0v) is 19.5. The third-order valence-corrected chi connectivity index (χ3v) is 5.98. The van der Waals surface area contributed by atoms with Crippen LogP contribution < -0.4 is 16.4 Å². The number of benzene rings is 1. The van der Waals surface area contributed by atoms with Gasteiger partial charge in [-0.2, -0.15) is 5.10 Å². The van der Waals surface area contributed by atoms with Crippen molar-refractivity contribution in [2.45, 2.75) is 18.5 Å². The second-order valence-electron chi connectivity index (χ2n) is 8.25. The second kappa shape index (κ2) is 8.93. The smallest absolute Gasteiger partial charge is 0.408 e. The number of nitrogens with one attached hydrogen (secondary N) is 2. The Morgan fingerprint density at radius 1 is 1.32 bits per heavy atom. The Labute approximate surface area is 208 Å². The molecule has 4 aromatic rings.